The van der Waals surface area contributed by atoms with Gasteiger partial charge in [0.15, 0.2) is 0 Å². The molecular weight excluding hydrogens is 416 g/mol. The molecule has 1 saturated heterocycles. The lowest BCUT2D eigenvalue weighted by Crippen LogP contribution is -2.41. The summed E-state index contributed by atoms with van der Waals surface area (Å²) < 4.78 is 5.28. The second-order valence-corrected chi connectivity index (χ2v) is 7.96. The fourth-order valence-electron chi connectivity index (χ4n) is 3.19. The van der Waals surface area contributed by atoms with Gasteiger partial charge in [-0.3, -0.25) is 19.3 Å². The first kappa shape index (κ1) is 22.6. The van der Waals surface area contributed by atoms with Gasteiger partial charge >= 0.3 is 0 Å². The number of benzene rings is 2. The van der Waals surface area contributed by atoms with Gasteiger partial charge in [-0.15, -0.1) is 0 Å². The fourth-order valence-corrected chi connectivity index (χ4v) is 4.05. The minimum atomic E-state index is -0.435. The Hall–Kier alpha value is -3.10. The highest BCUT2D eigenvalue weighted by Gasteiger charge is 2.35. The van der Waals surface area contributed by atoms with Crippen LogP contribution in [-0.4, -0.2) is 53.4 Å². The summed E-state index contributed by atoms with van der Waals surface area (Å²) in [7, 11) is 1.54. The maximum absolute atomic E-state index is 12.7. The SMILES string of the molecule is COc1ccccc1/C=C1\SC(=O)N(CCC(=O)N[C@H](CO)Cc2ccccc2)C1=O. The number of nitrogens with one attached hydrogen (secondary N) is 1. The van der Waals surface area contributed by atoms with E-state index in [1.807, 2.05) is 42.5 Å². The number of carbonyl (C=O) groups excluding carboxylic acids is 3. The maximum Gasteiger partial charge on any atom is 0.293 e. The Bertz CT molecular complexity index is 977. The standard InChI is InChI=1S/C23H24N2O5S/c1-30-19-10-6-5-9-17(19)14-20-22(28)25(23(29)31-20)12-11-21(27)24-18(15-26)13-16-7-3-2-4-8-16/h2-10,14,18,26H,11-13,15H2,1H3,(H,24,27)/b20-14-/t18-/m0/s1. The van der Waals surface area contributed by atoms with Crippen LogP contribution in [0.5, 0.6) is 5.75 Å². The van der Waals surface area contributed by atoms with E-state index < -0.39 is 17.2 Å². The molecule has 3 rings (SSSR count). The number of amides is 3. The summed E-state index contributed by atoms with van der Waals surface area (Å²) >= 11 is 0.839. The molecule has 31 heavy (non-hydrogen) atoms. The predicted molar refractivity (Wildman–Crippen MR) is 119 cm³/mol. The number of thioether (sulfide) groups is 1. The number of carbonyl (C=O) groups is 3. The number of aliphatic hydroxyl groups is 1. The van der Waals surface area contributed by atoms with Gasteiger partial charge in [-0.2, -0.15) is 0 Å². The highest BCUT2D eigenvalue weighted by Crippen LogP contribution is 2.33. The fraction of sp³-hybridized carbons (Fsp3) is 0.261. The number of nitrogens with zero attached hydrogens (tertiary/aromatic N) is 1. The first-order valence-electron chi connectivity index (χ1n) is 9.84. The largest absolute Gasteiger partial charge is 0.496 e. The van der Waals surface area contributed by atoms with E-state index >= 15 is 0 Å². The van der Waals surface area contributed by atoms with Crippen LogP contribution < -0.4 is 10.1 Å². The summed E-state index contributed by atoms with van der Waals surface area (Å²) in [5.41, 5.74) is 1.69. The summed E-state index contributed by atoms with van der Waals surface area (Å²) in [4.78, 5) is 38.6. The summed E-state index contributed by atoms with van der Waals surface area (Å²) in [6.07, 6.45) is 2.07. The van der Waals surface area contributed by atoms with Gasteiger partial charge in [0, 0.05) is 18.5 Å². The number of hydrogen-bond acceptors (Lipinski definition) is 6. The molecule has 1 heterocycles. The number of methoxy groups -OCH3 is 1. The van der Waals surface area contributed by atoms with Crippen molar-refractivity contribution in [2.45, 2.75) is 18.9 Å². The lowest BCUT2D eigenvalue weighted by Gasteiger charge is -2.18. The Kier molecular flexibility index (Phi) is 7.86. The van der Waals surface area contributed by atoms with Crippen molar-refractivity contribution >= 4 is 34.9 Å². The quantitative estimate of drug-likeness (QED) is 0.582. The molecule has 0 radical (unpaired) electrons. The van der Waals surface area contributed by atoms with Crippen molar-refractivity contribution in [2.75, 3.05) is 20.3 Å². The van der Waals surface area contributed by atoms with E-state index in [2.05, 4.69) is 5.32 Å². The van der Waals surface area contributed by atoms with E-state index in [9.17, 15) is 19.5 Å². The van der Waals surface area contributed by atoms with Crippen molar-refractivity contribution in [1.29, 1.82) is 0 Å². The third-order valence-electron chi connectivity index (χ3n) is 4.77. The van der Waals surface area contributed by atoms with Crippen molar-refractivity contribution in [3.05, 3.63) is 70.6 Å². The normalized spacial score (nSPS) is 15.9. The molecule has 1 aliphatic rings. The van der Waals surface area contributed by atoms with Crippen LogP contribution in [0.2, 0.25) is 0 Å². The van der Waals surface area contributed by atoms with Crippen LogP contribution in [-0.2, 0) is 16.0 Å². The first-order chi connectivity index (χ1) is 15.0. The summed E-state index contributed by atoms with van der Waals surface area (Å²) in [5.74, 6) is -0.165. The molecule has 1 fully saturated rings. The van der Waals surface area contributed by atoms with Gasteiger partial charge in [0.05, 0.1) is 24.7 Å². The van der Waals surface area contributed by atoms with Crippen molar-refractivity contribution in [2.24, 2.45) is 0 Å². The smallest absolute Gasteiger partial charge is 0.293 e. The van der Waals surface area contributed by atoms with Crippen LogP contribution >= 0.6 is 11.8 Å². The first-order valence-corrected chi connectivity index (χ1v) is 10.7. The van der Waals surface area contributed by atoms with Crippen LogP contribution in [0.1, 0.15) is 17.5 Å². The molecular formula is C23H24N2O5S. The molecule has 0 aromatic heterocycles. The van der Waals surface area contributed by atoms with Crippen LogP contribution in [0.3, 0.4) is 0 Å². The zero-order chi connectivity index (χ0) is 22.2. The second kappa shape index (κ2) is 10.8. The predicted octanol–water partition coefficient (Wildman–Crippen LogP) is 2.84. The summed E-state index contributed by atoms with van der Waals surface area (Å²) in [6, 6.07) is 16.3. The molecule has 0 bridgehead atoms. The highest BCUT2D eigenvalue weighted by molar-refractivity contribution is 8.18. The molecule has 162 valence electrons. The molecule has 8 heteroatoms. The van der Waals surface area contributed by atoms with Crippen LogP contribution in [0, 0.1) is 0 Å². The maximum atomic E-state index is 12.7. The van der Waals surface area contributed by atoms with Crippen LogP contribution in [0.4, 0.5) is 4.79 Å². The van der Waals surface area contributed by atoms with Crippen LogP contribution in [0.25, 0.3) is 6.08 Å². The molecule has 1 atom stereocenters. The average molecular weight is 441 g/mol. The molecule has 1 aliphatic heterocycles. The number of rotatable bonds is 9. The van der Waals surface area contributed by atoms with Gasteiger partial charge in [-0.05, 0) is 35.9 Å². The molecule has 0 aliphatic carbocycles. The molecule has 0 saturated carbocycles. The van der Waals surface area contributed by atoms with Crippen molar-refractivity contribution in [3.8, 4) is 5.75 Å². The van der Waals surface area contributed by atoms with E-state index in [-0.39, 0.29) is 30.4 Å². The molecule has 2 N–H and O–H groups in total. The Balaban J connectivity index is 1.57. The van der Waals surface area contributed by atoms with Gasteiger partial charge < -0.3 is 15.2 Å². The second-order valence-electron chi connectivity index (χ2n) is 6.96. The minimum absolute atomic E-state index is 0.0246. The Morgan fingerprint density at radius 3 is 2.58 bits per heavy atom. The van der Waals surface area contributed by atoms with E-state index in [1.54, 1.807) is 18.2 Å². The highest BCUT2D eigenvalue weighted by atomic mass is 32.2. The van der Waals surface area contributed by atoms with Gasteiger partial charge in [0.1, 0.15) is 5.75 Å². The Morgan fingerprint density at radius 2 is 1.87 bits per heavy atom. The number of aliphatic hydroxyl groups excluding tert-OH is 1. The molecule has 2 aromatic carbocycles. The Labute approximate surface area is 185 Å². The van der Waals surface area contributed by atoms with Gasteiger partial charge in [-0.1, -0.05) is 48.5 Å². The van der Waals surface area contributed by atoms with E-state index in [0.717, 1.165) is 22.2 Å². The van der Waals surface area contributed by atoms with Gasteiger partial charge in [0.2, 0.25) is 5.91 Å². The molecule has 2 aromatic rings. The third kappa shape index (κ3) is 5.96. The average Bonchev–Trinajstić information content (AvgIpc) is 3.05. The van der Waals surface area contributed by atoms with E-state index in [0.29, 0.717) is 17.7 Å². The number of para-hydroxylation sites is 1. The lowest BCUT2D eigenvalue weighted by atomic mass is 10.1. The third-order valence-corrected chi connectivity index (χ3v) is 5.68. The van der Waals surface area contributed by atoms with Crippen molar-refractivity contribution in [3.63, 3.8) is 0 Å². The summed E-state index contributed by atoms with van der Waals surface area (Å²) in [6.45, 7) is -0.229. The lowest BCUT2D eigenvalue weighted by molar-refractivity contribution is -0.124. The zero-order valence-corrected chi connectivity index (χ0v) is 17.9. The van der Waals surface area contributed by atoms with Crippen LogP contribution in [0.15, 0.2) is 59.5 Å². The number of hydrogen-bond donors (Lipinski definition) is 2. The van der Waals surface area contributed by atoms with Crippen molar-refractivity contribution in [1.82, 2.24) is 10.2 Å². The minimum Gasteiger partial charge on any atom is -0.496 e. The molecule has 0 unspecified atom stereocenters. The van der Waals surface area contributed by atoms with E-state index in [4.69, 9.17) is 4.74 Å². The Morgan fingerprint density at radius 1 is 1.16 bits per heavy atom. The monoisotopic (exact) mass is 440 g/mol. The zero-order valence-electron chi connectivity index (χ0n) is 17.1. The molecule has 7 nitrogen and oxygen atoms in total. The van der Waals surface area contributed by atoms with E-state index in [1.165, 1.54) is 7.11 Å². The number of ether oxygens (including phenoxy) is 1. The van der Waals surface area contributed by atoms with Gasteiger partial charge in [0.25, 0.3) is 11.1 Å². The van der Waals surface area contributed by atoms with Gasteiger partial charge in [-0.25, -0.2) is 0 Å². The van der Waals surface area contributed by atoms with Crippen molar-refractivity contribution < 1.29 is 24.2 Å². The topological polar surface area (TPSA) is 95.9 Å². The number of imide groups is 1. The molecule has 0 spiro atoms. The molecule has 3 amide bonds. The summed E-state index contributed by atoms with van der Waals surface area (Å²) in [5, 5.41) is 11.9.